The van der Waals surface area contributed by atoms with Crippen molar-refractivity contribution in [2.75, 3.05) is 13.2 Å². The van der Waals surface area contributed by atoms with E-state index in [1.54, 1.807) is 0 Å². The van der Waals surface area contributed by atoms with Gasteiger partial charge in [0.25, 0.3) is 0 Å². The minimum atomic E-state index is -0.0292. The Hall–Kier alpha value is -0.560. The van der Waals surface area contributed by atoms with Crippen LogP contribution in [-0.2, 0) is 9.47 Å². The fraction of sp³-hybridized carbons (Fsp3) is 0.857. The third-order valence-corrected chi connectivity index (χ3v) is 2.89. The van der Waals surface area contributed by atoms with E-state index in [9.17, 15) is 0 Å². The number of ether oxygens (including phenoxy) is 2. The molecule has 2 atom stereocenters. The van der Waals surface area contributed by atoms with Gasteiger partial charge in [0, 0.05) is 13.0 Å². The fourth-order valence-corrected chi connectivity index (χ4v) is 1.94. The second-order valence-electron chi connectivity index (χ2n) is 4.50. The van der Waals surface area contributed by atoms with Crippen LogP contribution in [0.3, 0.4) is 0 Å². The summed E-state index contributed by atoms with van der Waals surface area (Å²) in [4.78, 5) is 0. The third kappa shape index (κ3) is 7.38. The Balaban J connectivity index is 1.98. The topological polar surface area (TPSA) is 38.7 Å². The lowest BCUT2D eigenvalue weighted by Gasteiger charge is -2.26. The molecule has 0 aliphatic carbocycles. The number of aliphatic hydroxyl groups excluding tert-OH is 1. The van der Waals surface area contributed by atoms with E-state index in [4.69, 9.17) is 14.6 Å². The van der Waals surface area contributed by atoms with Gasteiger partial charge in [0.1, 0.15) is 6.61 Å². The summed E-state index contributed by atoms with van der Waals surface area (Å²) in [5.41, 5.74) is 0. The van der Waals surface area contributed by atoms with E-state index < -0.39 is 0 Å². The first-order chi connectivity index (χ1) is 8.33. The molecular weight excluding hydrogens is 216 g/mol. The average Bonchev–Trinajstić information content (AvgIpc) is 2.35. The van der Waals surface area contributed by atoms with Gasteiger partial charge in [-0.05, 0) is 45.4 Å². The summed E-state index contributed by atoms with van der Waals surface area (Å²) in [7, 11) is 0. The lowest BCUT2D eigenvalue weighted by atomic mass is 10.1. The van der Waals surface area contributed by atoms with Crippen molar-refractivity contribution in [3.05, 3.63) is 0 Å². The van der Waals surface area contributed by atoms with Gasteiger partial charge in [-0.3, -0.25) is 0 Å². The Bertz CT molecular complexity index is 236. The highest BCUT2D eigenvalue weighted by atomic mass is 16.7. The van der Waals surface area contributed by atoms with Crippen molar-refractivity contribution in [3.63, 3.8) is 0 Å². The highest BCUT2D eigenvalue weighted by molar-refractivity contribution is 4.98. The second-order valence-corrected chi connectivity index (χ2v) is 4.50. The van der Waals surface area contributed by atoms with Crippen LogP contribution in [0.15, 0.2) is 0 Å². The first-order valence-corrected chi connectivity index (χ1v) is 6.66. The fourth-order valence-electron chi connectivity index (χ4n) is 1.94. The second kappa shape index (κ2) is 9.47. The molecule has 0 aromatic carbocycles. The van der Waals surface area contributed by atoms with Crippen molar-refractivity contribution in [2.24, 2.45) is 0 Å². The van der Waals surface area contributed by atoms with E-state index in [1.165, 1.54) is 6.42 Å². The third-order valence-electron chi connectivity index (χ3n) is 2.89. The molecule has 0 saturated carbocycles. The Morgan fingerprint density at radius 1 is 1.35 bits per heavy atom. The van der Waals surface area contributed by atoms with Crippen LogP contribution in [0.1, 0.15) is 51.9 Å². The van der Waals surface area contributed by atoms with Crippen molar-refractivity contribution in [3.8, 4) is 11.8 Å². The zero-order chi connectivity index (χ0) is 12.3. The molecule has 1 fully saturated rings. The summed E-state index contributed by atoms with van der Waals surface area (Å²) in [6.45, 7) is 2.92. The molecule has 0 aromatic heterocycles. The number of aliphatic hydroxyl groups is 1. The van der Waals surface area contributed by atoms with Crippen LogP contribution in [0.2, 0.25) is 0 Å². The van der Waals surface area contributed by atoms with Crippen LogP contribution >= 0.6 is 0 Å². The van der Waals surface area contributed by atoms with Crippen LogP contribution in [-0.4, -0.2) is 30.7 Å². The SMILES string of the molecule is CC(CCCCC#CCO)OC1CCCCO1. The van der Waals surface area contributed by atoms with E-state index in [-0.39, 0.29) is 19.0 Å². The van der Waals surface area contributed by atoms with Crippen molar-refractivity contribution < 1.29 is 14.6 Å². The van der Waals surface area contributed by atoms with Crippen LogP contribution in [0.4, 0.5) is 0 Å². The highest BCUT2D eigenvalue weighted by Gasteiger charge is 2.16. The molecule has 2 unspecified atom stereocenters. The van der Waals surface area contributed by atoms with Gasteiger partial charge >= 0.3 is 0 Å². The summed E-state index contributed by atoms with van der Waals surface area (Å²) in [6.07, 6.45) is 7.82. The molecule has 1 heterocycles. The molecule has 1 saturated heterocycles. The minimum Gasteiger partial charge on any atom is -0.384 e. The summed E-state index contributed by atoms with van der Waals surface area (Å²) >= 11 is 0. The zero-order valence-electron chi connectivity index (χ0n) is 10.8. The highest BCUT2D eigenvalue weighted by Crippen LogP contribution is 2.17. The molecule has 1 rings (SSSR count). The molecule has 0 amide bonds. The smallest absolute Gasteiger partial charge is 0.157 e. The molecule has 0 aromatic rings. The maximum absolute atomic E-state index is 8.49. The van der Waals surface area contributed by atoms with Gasteiger partial charge in [-0.25, -0.2) is 0 Å². The van der Waals surface area contributed by atoms with Gasteiger partial charge < -0.3 is 14.6 Å². The van der Waals surface area contributed by atoms with Crippen LogP contribution in [0, 0.1) is 11.8 Å². The zero-order valence-corrected chi connectivity index (χ0v) is 10.8. The van der Waals surface area contributed by atoms with E-state index in [0.717, 1.165) is 45.1 Å². The first kappa shape index (κ1) is 14.5. The van der Waals surface area contributed by atoms with Gasteiger partial charge in [0.05, 0.1) is 6.10 Å². The van der Waals surface area contributed by atoms with E-state index in [0.29, 0.717) is 0 Å². The molecule has 1 aliphatic heterocycles. The van der Waals surface area contributed by atoms with Crippen molar-refractivity contribution in [2.45, 2.75) is 64.3 Å². The van der Waals surface area contributed by atoms with Gasteiger partial charge in [0.2, 0.25) is 0 Å². The monoisotopic (exact) mass is 240 g/mol. The molecule has 0 bridgehead atoms. The molecular formula is C14H24O3. The number of rotatable bonds is 6. The van der Waals surface area contributed by atoms with Crippen molar-refractivity contribution in [1.29, 1.82) is 0 Å². The van der Waals surface area contributed by atoms with E-state index in [2.05, 4.69) is 18.8 Å². The number of hydrogen-bond acceptors (Lipinski definition) is 3. The van der Waals surface area contributed by atoms with Crippen molar-refractivity contribution in [1.82, 2.24) is 0 Å². The van der Waals surface area contributed by atoms with Gasteiger partial charge in [-0.2, -0.15) is 0 Å². The molecule has 0 radical (unpaired) electrons. The van der Waals surface area contributed by atoms with E-state index >= 15 is 0 Å². The lowest BCUT2D eigenvalue weighted by Crippen LogP contribution is -2.26. The quantitative estimate of drug-likeness (QED) is 0.572. The Kier molecular flexibility index (Phi) is 8.08. The molecule has 17 heavy (non-hydrogen) atoms. The summed E-state index contributed by atoms with van der Waals surface area (Å²) in [6, 6.07) is 0. The lowest BCUT2D eigenvalue weighted by molar-refractivity contribution is -0.185. The van der Waals surface area contributed by atoms with Gasteiger partial charge in [-0.15, -0.1) is 5.92 Å². The van der Waals surface area contributed by atoms with Crippen molar-refractivity contribution >= 4 is 0 Å². The summed E-state index contributed by atoms with van der Waals surface area (Å²) in [5, 5.41) is 8.49. The summed E-state index contributed by atoms with van der Waals surface area (Å²) in [5.74, 6) is 5.58. The Labute approximate surface area is 104 Å². The number of hydrogen-bond donors (Lipinski definition) is 1. The van der Waals surface area contributed by atoms with Crippen LogP contribution in [0.5, 0.6) is 0 Å². The standard InChI is InChI=1S/C14H24O3/c1-13(9-5-3-2-4-7-11-15)17-14-10-6-8-12-16-14/h13-15H,2-3,5-6,8-12H2,1H3. The molecule has 1 aliphatic rings. The van der Waals surface area contributed by atoms with Crippen LogP contribution < -0.4 is 0 Å². The predicted octanol–water partition coefficient (Wildman–Crippen LogP) is 2.47. The molecule has 3 heteroatoms. The first-order valence-electron chi connectivity index (χ1n) is 6.66. The molecule has 98 valence electrons. The molecule has 3 nitrogen and oxygen atoms in total. The molecule has 0 spiro atoms. The predicted molar refractivity (Wildman–Crippen MR) is 67.5 cm³/mol. The Morgan fingerprint density at radius 3 is 2.94 bits per heavy atom. The normalized spacial score (nSPS) is 21.6. The maximum atomic E-state index is 8.49. The summed E-state index contributed by atoms with van der Waals surface area (Å²) < 4.78 is 11.4. The largest absolute Gasteiger partial charge is 0.384 e. The van der Waals surface area contributed by atoms with E-state index in [1.807, 2.05) is 0 Å². The van der Waals surface area contributed by atoms with Gasteiger partial charge in [-0.1, -0.05) is 5.92 Å². The van der Waals surface area contributed by atoms with Crippen LogP contribution in [0.25, 0.3) is 0 Å². The number of unbranched alkanes of at least 4 members (excludes halogenated alkanes) is 2. The van der Waals surface area contributed by atoms with Gasteiger partial charge in [0.15, 0.2) is 6.29 Å². The maximum Gasteiger partial charge on any atom is 0.157 e. The molecule has 1 N–H and O–H groups in total. The average molecular weight is 240 g/mol. The Morgan fingerprint density at radius 2 is 2.24 bits per heavy atom. The minimum absolute atomic E-state index is 0.0212.